The van der Waals surface area contributed by atoms with Crippen molar-refractivity contribution in [2.75, 3.05) is 46.4 Å². The van der Waals surface area contributed by atoms with Gasteiger partial charge in [0.15, 0.2) is 0 Å². The van der Waals surface area contributed by atoms with E-state index in [-0.39, 0.29) is 0 Å². The number of nitrogens with zero attached hydrogens (tertiary/aromatic N) is 2. The molecule has 4 heteroatoms. The van der Waals surface area contributed by atoms with E-state index in [9.17, 15) is 0 Å². The highest BCUT2D eigenvalue weighted by Crippen LogP contribution is 2.33. The Labute approximate surface area is 117 Å². The van der Waals surface area contributed by atoms with Crippen LogP contribution in [-0.2, 0) is 4.74 Å². The summed E-state index contributed by atoms with van der Waals surface area (Å²) in [6, 6.07) is 0.641. The Balaban J connectivity index is 1.58. The monoisotopic (exact) mass is 267 g/mol. The van der Waals surface area contributed by atoms with Gasteiger partial charge >= 0.3 is 0 Å². The normalized spacial score (nSPS) is 36.9. The third kappa shape index (κ3) is 3.13. The predicted molar refractivity (Wildman–Crippen MR) is 77.5 cm³/mol. The number of morpholine rings is 1. The second-order valence-electron chi connectivity index (χ2n) is 6.90. The molecule has 3 aliphatic rings. The van der Waals surface area contributed by atoms with Crippen molar-refractivity contribution >= 4 is 0 Å². The van der Waals surface area contributed by atoms with Crippen LogP contribution in [0.3, 0.4) is 0 Å². The fourth-order valence-electron chi connectivity index (χ4n) is 3.96. The van der Waals surface area contributed by atoms with E-state index < -0.39 is 0 Å². The average molecular weight is 267 g/mol. The quantitative estimate of drug-likeness (QED) is 0.805. The van der Waals surface area contributed by atoms with Gasteiger partial charge in [-0.15, -0.1) is 0 Å². The van der Waals surface area contributed by atoms with Crippen LogP contribution in [0.25, 0.3) is 0 Å². The number of hydrogen-bond acceptors (Lipinski definition) is 4. The lowest BCUT2D eigenvalue weighted by molar-refractivity contribution is -0.0501. The number of piperazine rings is 1. The van der Waals surface area contributed by atoms with Crippen molar-refractivity contribution in [2.24, 2.45) is 0 Å². The molecule has 2 atom stereocenters. The molecule has 1 N–H and O–H groups in total. The highest BCUT2D eigenvalue weighted by molar-refractivity contribution is 5.00. The minimum Gasteiger partial charge on any atom is -0.374 e. The lowest BCUT2D eigenvalue weighted by Gasteiger charge is -2.47. The van der Waals surface area contributed by atoms with E-state index in [1.807, 2.05) is 0 Å². The maximum Gasteiger partial charge on any atom is 0.0829 e. The molecule has 0 aromatic heterocycles. The molecule has 0 aromatic carbocycles. The summed E-state index contributed by atoms with van der Waals surface area (Å²) >= 11 is 0. The van der Waals surface area contributed by atoms with E-state index >= 15 is 0 Å². The maximum absolute atomic E-state index is 5.95. The zero-order valence-corrected chi connectivity index (χ0v) is 12.5. The molecule has 0 bridgehead atoms. The van der Waals surface area contributed by atoms with Crippen molar-refractivity contribution in [1.29, 1.82) is 0 Å². The van der Waals surface area contributed by atoms with E-state index in [2.05, 4.69) is 29.1 Å². The number of rotatable bonds is 2. The zero-order chi connectivity index (χ0) is 13.3. The molecule has 0 aromatic rings. The van der Waals surface area contributed by atoms with Crippen LogP contribution in [0.2, 0.25) is 0 Å². The molecule has 3 fully saturated rings. The molecule has 2 saturated heterocycles. The molecule has 1 spiro atoms. The molecule has 19 heavy (non-hydrogen) atoms. The van der Waals surface area contributed by atoms with Crippen molar-refractivity contribution in [3.8, 4) is 0 Å². The van der Waals surface area contributed by atoms with Crippen LogP contribution in [-0.4, -0.2) is 73.9 Å². The van der Waals surface area contributed by atoms with Crippen LogP contribution < -0.4 is 5.32 Å². The van der Waals surface area contributed by atoms with Gasteiger partial charge in [0.1, 0.15) is 0 Å². The summed E-state index contributed by atoms with van der Waals surface area (Å²) in [5.74, 6) is 0. The van der Waals surface area contributed by atoms with Crippen LogP contribution in [0.4, 0.5) is 0 Å². The van der Waals surface area contributed by atoms with Crippen LogP contribution >= 0.6 is 0 Å². The number of nitrogens with one attached hydrogen (secondary N) is 1. The summed E-state index contributed by atoms with van der Waals surface area (Å²) in [4.78, 5) is 5.07. The van der Waals surface area contributed by atoms with Crippen molar-refractivity contribution in [2.45, 2.75) is 50.3 Å². The van der Waals surface area contributed by atoms with E-state index in [1.54, 1.807) is 0 Å². The Kier molecular flexibility index (Phi) is 4.13. The Hall–Kier alpha value is -0.160. The Morgan fingerprint density at radius 2 is 2.11 bits per heavy atom. The molecule has 0 radical (unpaired) electrons. The summed E-state index contributed by atoms with van der Waals surface area (Å²) in [6.07, 6.45) is 5.93. The molecule has 2 aliphatic heterocycles. The molecule has 0 amide bonds. The predicted octanol–water partition coefficient (Wildman–Crippen LogP) is 0.924. The summed E-state index contributed by atoms with van der Waals surface area (Å²) < 4.78 is 5.95. The summed E-state index contributed by atoms with van der Waals surface area (Å²) in [5.41, 5.74) is 0.424. The summed E-state index contributed by atoms with van der Waals surface area (Å²) in [5, 5.41) is 3.83. The number of likely N-dealkylation sites (N-methyl/N-ethyl adjacent to an activating group) is 1. The van der Waals surface area contributed by atoms with Crippen LogP contribution in [0.5, 0.6) is 0 Å². The van der Waals surface area contributed by atoms with Crippen molar-refractivity contribution < 1.29 is 4.74 Å². The van der Waals surface area contributed by atoms with E-state index in [4.69, 9.17) is 4.74 Å². The fourth-order valence-corrected chi connectivity index (χ4v) is 3.96. The first kappa shape index (κ1) is 13.8. The SMILES string of the molecule is CC1CNC2(CCCC2)CN1CC1CN(C)CCO1. The topological polar surface area (TPSA) is 27.7 Å². The van der Waals surface area contributed by atoms with Gasteiger partial charge in [-0.05, 0) is 26.8 Å². The first-order valence-corrected chi connectivity index (χ1v) is 7.96. The van der Waals surface area contributed by atoms with Crippen molar-refractivity contribution in [1.82, 2.24) is 15.1 Å². The molecule has 2 heterocycles. The zero-order valence-electron chi connectivity index (χ0n) is 12.5. The van der Waals surface area contributed by atoms with Crippen LogP contribution in [0.15, 0.2) is 0 Å². The van der Waals surface area contributed by atoms with Gasteiger partial charge in [-0.2, -0.15) is 0 Å². The van der Waals surface area contributed by atoms with Gasteiger partial charge in [-0.3, -0.25) is 4.90 Å². The molecular weight excluding hydrogens is 238 g/mol. The van der Waals surface area contributed by atoms with Gasteiger partial charge in [0, 0.05) is 44.3 Å². The van der Waals surface area contributed by atoms with Gasteiger partial charge in [-0.25, -0.2) is 0 Å². The second kappa shape index (κ2) is 5.68. The van der Waals surface area contributed by atoms with E-state index in [0.717, 1.165) is 32.8 Å². The lowest BCUT2D eigenvalue weighted by Crippen LogP contribution is -2.64. The van der Waals surface area contributed by atoms with E-state index in [1.165, 1.54) is 32.2 Å². The maximum atomic E-state index is 5.95. The van der Waals surface area contributed by atoms with Gasteiger partial charge in [0.2, 0.25) is 0 Å². The molecule has 3 rings (SSSR count). The molecule has 1 saturated carbocycles. The van der Waals surface area contributed by atoms with Crippen molar-refractivity contribution in [3.63, 3.8) is 0 Å². The Morgan fingerprint density at radius 1 is 1.32 bits per heavy atom. The minimum absolute atomic E-state index is 0.401. The Bertz CT molecular complexity index is 304. The molecule has 110 valence electrons. The third-order valence-electron chi connectivity index (χ3n) is 5.24. The van der Waals surface area contributed by atoms with Gasteiger partial charge < -0.3 is 15.0 Å². The fraction of sp³-hybridized carbons (Fsp3) is 1.00. The average Bonchev–Trinajstić information content (AvgIpc) is 2.83. The first-order chi connectivity index (χ1) is 9.17. The standard InChI is InChI=1S/C15H29N3O/c1-13-9-16-15(5-3-4-6-15)12-18(13)11-14-10-17(2)7-8-19-14/h13-14,16H,3-12H2,1-2H3. The van der Waals surface area contributed by atoms with Gasteiger partial charge in [-0.1, -0.05) is 12.8 Å². The summed E-state index contributed by atoms with van der Waals surface area (Å²) in [7, 11) is 2.20. The Morgan fingerprint density at radius 3 is 2.84 bits per heavy atom. The van der Waals surface area contributed by atoms with Gasteiger partial charge in [0.25, 0.3) is 0 Å². The molecule has 2 unspecified atom stereocenters. The highest BCUT2D eigenvalue weighted by atomic mass is 16.5. The smallest absolute Gasteiger partial charge is 0.0829 e. The van der Waals surface area contributed by atoms with E-state index in [0.29, 0.717) is 17.7 Å². The number of hydrogen-bond donors (Lipinski definition) is 1. The highest BCUT2D eigenvalue weighted by Gasteiger charge is 2.40. The van der Waals surface area contributed by atoms with Gasteiger partial charge in [0.05, 0.1) is 12.7 Å². The molecule has 4 nitrogen and oxygen atoms in total. The van der Waals surface area contributed by atoms with Crippen LogP contribution in [0.1, 0.15) is 32.6 Å². The molecular formula is C15H29N3O. The molecule has 1 aliphatic carbocycles. The largest absolute Gasteiger partial charge is 0.374 e. The van der Waals surface area contributed by atoms with Crippen molar-refractivity contribution in [3.05, 3.63) is 0 Å². The minimum atomic E-state index is 0.401. The van der Waals surface area contributed by atoms with Crippen LogP contribution in [0, 0.1) is 0 Å². The third-order valence-corrected chi connectivity index (χ3v) is 5.24. The summed E-state index contributed by atoms with van der Waals surface area (Å²) in [6.45, 7) is 8.88. The first-order valence-electron chi connectivity index (χ1n) is 7.96. The lowest BCUT2D eigenvalue weighted by atomic mass is 9.92. The second-order valence-corrected chi connectivity index (χ2v) is 6.90. The number of ether oxygens (including phenoxy) is 1.